The van der Waals surface area contributed by atoms with Crippen LogP contribution in [0.15, 0.2) is 30.6 Å². The predicted octanol–water partition coefficient (Wildman–Crippen LogP) is 4.08. The first-order valence-corrected chi connectivity index (χ1v) is 12.9. The summed E-state index contributed by atoms with van der Waals surface area (Å²) >= 11 is 0. The minimum atomic E-state index is -2.87. The van der Waals surface area contributed by atoms with Gasteiger partial charge in [0, 0.05) is 41.2 Å². The minimum Gasteiger partial charge on any atom is -0.377 e. The maximum atomic E-state index is 13.7. The van der Waals surface area contributed by atoms with E-state index < -0.39 is 14.5 Å². The van der Waals surface area contributed by atoms with Crippen molar-refractivity contribution in [3.8, 4) is 11.4 Å². The van der Waals surface area contributed by atoms with Gasteiger partial charge in [-0.15, -0.1) is 0 Å². The molecule has 0 aromatic carbocycles. The summed E-state index contributed by atoms with van der Waals surface area (Å²) in [5.41, 5.74) is 2.40. The number of rotatable bonds is 6. The van der Waals surface area contributed by atoms with Crippen LogP contribution in [-0.4, -0.2) is 55.2 Å². The highest BCUT2D eigenvalue weighted by molar-refractivity contribution is 7.94. The van der Waals surface area contributed by atoms with E-state index in [4.69, 9.17) is 19.5 Å². The molecule has 0 spiro atoms. The Balaban J connectivity index is 1.70. The van der Waals surface area contributed by atoms with Crippen LogP contribution in [0.2, 0.25) is 0 Å². The summed E-state index contributed by atoms with van der Waals surface area (Å²) in [6.07, 6.45) is 5.77. The van der Waals surface area contributed by atoms with Gasteiger partial charge in [-0.1, -0.05) is 6.92 Å². The maximum Gasteiger partial charge on any atom is 0.162 e. The lowest BCUT2D eigenvalue weighted by molar-refractivity contribution is 0.0985. The predicted molar refractivity (Wildman–Crippen MR) is 126 cm³/mol. The highest BCUT2D eigenvalue weighted by atomic mass is 32.2. The maximum absolute atomic E-state index is 13.7. The van der Waals surface area contributed by atoms with Crippen LogP contribution in [0.4, 0.5) is 5.82 Å². The van der Waals surface area contributed by atoms with Crippen molar-refractivity contribution in [2.75, 3.05) is 24.7 Å². The van der Waals surface area contributed by atoms with E-state index in [0.717, 1.165) is 47.5 Å². The number of ether oxygens (including phenoxy) is 1. The molecule has 0 radical (unpaired) electrons. The standard InChI is InChI=1S/C23H30N6O2S/c1-4-16(3)32(24,30)23(7-8-23)19-13-20(29-11-12-31-14-15(29)2)28-22(27-19)18-6-10-26-21-17(18)5-9-25-21/h5-6,9-10,13,15-16,24H,4,7-8,11-12,14H2,1-3H3,(H,25,26)/t15-,16?,32?/m1/s1. The number of nitrogens with zero attached hydrogens (tertiary/aromatic N) is 4. The Bertz CT molecular complexity index is 1250. The molecule has 5 rings (SSSR count). The third-order valence-corrected chi connectivity index (χ3v) is 10.2. The Hall–Kier alpha value is -2.52. The largest absolute Gasteiger partial charge is 0.377 e. The summed E-state index contributed by atoms with van der Waals surface area (Å²) in [6, 6.07) is 6.05. The number of H-pyrrole nitrogens is 1. The molecular weight excluding hydrogens is 424 g/mol. The summed E-state index contributed by atoms with van der Waals surface area (Å²) in [5.74, 6) is 1.40. The number of hydrogen-bond acceptors (Lipinski definition) is 7. The average Bonchev–Trinajstić information content (AvgIpc) is 3.49. The SMILES string of the molecule is CCC(C)S(=N)(=O)C1(c2cc(N3CCOC[C@H]3C)nc(-c3ccnc4[nH]ccc34)n2)CC1. The van der Waals surface area contributed by atoms with Gasteiger partial charge >= 0.3 is 0 Å². The summed E-state index contributed by atoms with van der Waals surface area (Å²) in [5, 5.41) is 0.760. The van der Waals surface area contributed by atoms with Gasteiger partial charge in [-0.25, -0.2) is 19.2 Å². The van der Waals surface area contributed by atoms with Crippen molar-refractivity contribution >= 4 is 26.6 Å². The fraction of sp³-hybridized carbons (Fsp3) is 0.522. The second kappa shape index (κ2) is 7.81. The Kier molecular flexibility index (Phi) is 5.21. The van der Waals surface area contributed by atoms with Crippen LogP contribution >= 0.6 is 0 Å². The van der Waals surface area contributed by atoms with Gasteiger partial charge in [-0.05, 0) is 45.2 Å². The van der Waals surface area contributed by atoms with Crippen molar-refractivity contribution in [2.24, 2.45) is 0 Å². The van der Waals surface area contributed by atoms with E-state index in [-0.39, 0.29) is 11.3 Å². The summed E-state index contributed by atoms with van der Waals surface area (Å²) in [6.45, 7) is 8.07. The molecule has 2 fully saturated rings. The Morgan fingerprint density at radius 1 is 1.38 bits per heavy atom. The number of hydrogen-bond donors (Lipinski definition) is 2. The van der Waals surface area contributed by atoms with Crippen LogP contribution in [0.3, 0.4) is 0 Å². The molecule has 170 valence electrons. The summed E-state index contributed by atoms with van der Waals surface area (Å²) < 4.78 is 27.6. The van der Waals surface area contributed by atoms with Crippen LogP contribution in [0.1, 0.15) is 45.7 Å². The van der Waals surface area contributed by atoms with E-state index in [9.17, 15) is 4.21 Å². The van der Waals surface area contributed by atoms with Crippen molar-refractivity contribution < 1.29 is 8.95 Å². The van der Waals surface area contributed by atoms with Crippen LogP contribution < -0.4 is 4.90 Å². The highest BCUT2D eigenvalue weighted by Gasteiger charge is 2.56. The molecule has 0 bridgehead atoms. The Morgan fingerprint density at radius 3 is 2.91 bits per heavy atom. The molecule has 3 aromatic rings. The zero-order chi connectivity index (χ0) is 22.5. The normalized spacial score (nSPS) is 23.1. The van der Waals surface area contributed by atoms with Gasteiger partial charge in [0.25, 0.3) is 0 Å². The minimum absolute atomic E-state index is 0.175. The fourth-order valence-corrected chi connectivity index (χ4v) is 6.97. The van der Waals surface area contributed by atoms with Gasteiger partial charge in [0.05, 0.1) is 39.4 Å². The highest BCUT2D eigenvalue weighted by Crippen LogP contribution is 2.55. The van der Waals surface area contributed by atoms with Gasteiger partial charge in [-0.3, -0.25) is 4.78 Å². The van der Waals surface area contributed by atoms with Gasteiger partial charge in [-0.2, -0.15) is 0 Å². The number of anilines is 1. The molecule has 3 aromatic heterocycles. The molecule has 2 N–H and O–H groups in total. The van der Waals surface area contributed by atoms with Crippen LogP contribution in [0.5, 0.6) is 0 Å². The van der Waals surface area contributed by atoms with Crippen LogP contribution in [0, 0.1) is 4.78 Å². The molecule has 3 atom stereocenters. The van der Waals surface area contributed by atoms with Gasteiger partial charge < -0.3 is 14.6 Å². The molecule has 2 aliphatic rings. The molecule has 1 aliphatic heterocycles. The molecule has 9 heteroatoms. The zero-order valence-electron chi connectivity index (χ0n) is 18.8. The molecule has 32 heavy (non-hydrogen) atoms. The molecule has 1 saturated carbocycles. The first-order chi connectivity index (χ1) is 15.4. The Labute approximate surface area is 188 Å². The molecular formula is C23H30N6O2S. The number of aromatic nitrogens is 4. The van der Waals surface area contributed by atoms with Gasteiger partial charge in [0.1, 0.15) is 11.5 Å². The molecule has 4 heterocycles. The lowest BCUT2D eigenvalue weighted by Gasteiger charge is -2.35. The van der Waals surface area contributed by atoms with Gasteiger partial charge in [0.15, 0.2) is 5.82 Å². The van der Waals surface area contributed by atoms with E-state index in [1.54, 1.807) is 6.20 Å². The average molecular weight is 455 g/mol. The molecule has 8 nitrogen and oxygen atoms in total. The number of nitrogens with one attached hydrogen (secondary N) is 2. The van der Waals surface area contributed by atoms with E-state index in [1.807, 2.05) is 38.2 Å². The van der Waals surface area contributed by atoms with Crippen molar-refractivity contribution in [1.29, 1.82) is 4.78 Å². The lowest BCUT2D eigenvalue weighted by atomic mass is 10.1. The molecule has 2 unspecified atom stereocenters. The summed E-state index contributed by atoms with van der Waals surface area (Å²) in [7, 11) is -2.87. The van der Waals surface area contributed by atoms with Crippen LogP contribution in [-0.2, 0) is 19.2 Å². The monoisotopic (exact) mass is 454 g/mol. The smallest absolute Gasteiger partial charge is 0.162 e. The Morgan fingerprint density at radius 2 is 2.19 bits per heavy atom. The summed E-state index contributed by atoms with van der Waals surface area (Å²) in [4.78, 5) is 19.7. The van der Waals surface area contributed by atoms with Crippen molar-refractivity contribution in [3.05, 3.63) is 36.3 Å². The zero-order valence-corrected chi connectivity index (χ0v) is 19.6. The van der Waals surface area contributed by atoms with Crippen molar-refractivity contribution in [2.45, 2.75) is 56.1 Å². The first kappa shape index (κ1) is 21.3. The molecule has 0 amide bonds. The first-order valence-electron chi connectivity index (χ1n) is 11.3. The third-order valence-electron chi connectivity index (χ3n) is 6.97. The number of fused-ring (bicyclic) bond motifs is 1. The quantitative estimate of drug-likeness (QED) is 0.581. The number of pyridine rings is 1. The topological polar surface area (TPSA) is 108 Å². The van der Waals surface area contributed by atoms with E-state index in [0.29, 0.717) is 25.5 Å². The van der Waals surface area contributed by atoms with E-state index in [2.05, 4.69) is 21.8 Å². The molecule has 1 aliphatic carbocycles. The second-order valence-corrected chi connectivity index (χ2v) is 11.8. The third kappa shape index (κ3) is 3.29. The van der Waals surface area contributed by atoms with E-state index >= 15 is 0 Å². The van der Waals surface area contributed by atoms with E-state index in [1.165, 1.54) is 0 Å². The molecule has 1 saturated heterocycles. The van der Waals surface area contributed by atoms with Crippen LogP contribution in [0.25, 0.3) is 22.4 Å². The lowest BCUT2D eigenvalue weighted by Crippen LogP contribution is -2.44. The van der Waals surface area contributed by atoms with Gasteiger partial charge in [0.2, 0.25) is 0 Å². The van der Waals surface area contributed by atoms with Crippen molar-refractivity contribution in [3.63, 3.8) is 0 Å². The van der Waals surface area contributed by atoms with Crippen molar-refractivity contribution in [1.82, 2.24) is 19.9 Å². The number of morpholine rings is 1. The second-order valence-electron chi connectivity index (χ2n) is 8.96. The number of aromatic amines is 1. The fourth-order valence-electron chi connectivity index (χ4n) is 4.61.